The van der Waals surface area contributed by atoms with Crippen LogP contribution in [-0.2, 0) is 0 Å². The Morgan fingerprint density at radius 1 is 1.64 bits per heavy atom. The summed E-state index contributed by atoms with van der Waals surface area (Å²) in [7, 11) is 2.19. The molecule has 2 fully saturated rings. The molecule has 0 bridgehead atoms. The number of fused-ring (bicyclic) bond motifs is 1. The van der Waals surface area contributed by atoms with Gasteiger partial charge in [0.15, 0.2) is 0 Å². The molecule has 2 unspecified atom stereocenters. The van der Waals surface area contributed by atoms with Gasteiger partial charge in [-0.2, -0.15) is 0 Å². The first kappa shape index (κ1) is 7.32. The molecule has 1 saturated heterocycles. The quantitative estimate of drug-likeness (QED) is 0.520. The lowest BCUT2D eigenvalue weighted by molar-refractivity contribution is 0.274. The van der Waals surface area contributed by atoms with Crippen molar-refractivity contribution < 1.29 is 0 Å². The molecular formula is C9H16N2. The Labute approximate surface area is 68.3 Å². The maximum Gasteiger partial charge on any atom is 0.0483 e. The fourth-order valence-electron chi connectivity index (χ4n) is 2.17. The van der Waals surface area contributed by atoms with Gasteiger partial charge in [0.1, 0.15) is 0 Å². The zero-order valence-electron chi connectivity index (χ0n) is 7.14. The van der Waals surface area contributed by atoms with Crippen molar-refractivity contribution in [3.8, 4) is 0 Å². The zero-order valence-corrected chi connectivity index (χ0v) is 7.14. The van der Waals surface area contributed by atoms with Gasteiger partial charge in [0.2, 0.25) is 0 Å². The minimum atomic E-state index is 0.733. The molecule has 2 atom stereocenters. The van der Waals surface area contributed by atoms with Gasteiger partial charge in [-0.1, -0.05) is 12.2 Å². The van der Waals surface area contributed by atoms with Crippen molar-refractivity contribution in [3.05, 3.63) is 12.2 Å². The van der Waals surface area contributed by atoms with Crippen LogP contribution in [0.15, 0.2) is 12.2 Å². The molecule has 2 aliphatic rings. The minimum Gasteiger partial charge on any atom is -0.300 e. The first-order chi connectivity index (χ1) is 5.27. The van der Waals surface area contributed by atoms with E-state index in [1.165, 1.54) is 24.8 Å². The number of rotatable bonds is 0. The number of likely N-dealkylation sites (N-methyl/N-ethyl adjacent to an activating group) is 1. The van der Waals surface area contributed by atoms with E-state index in [-0.39, 0.29) is 0 Å². The van der Waals surface area contributed by atoms with Gasteiger partial charge in [0, 0.05) is 18.8 Å². The molecule has 1 saturated carbocycles. The van der Waals surface area contributed by atoms with E-state index in [2.05, 4.69) is 23.8 Å². The summed E-state index contributed by atoms with van der Waals surface area (Å²) in [5, 5.41) is 3.51. The third-order valence-electron chi connectivity index (χ3n) is 2.94. The molecule has 0 aromatic heterocycles. The standard InChI is InChI=1S/C9H16N2/c1-7-3-4-8-9(5-7)11(2)6-10-8/h8-10H,1,3-6H2,2H3. The SMILES string of the molecule is C=C1CCC2NCN(C)C2C1. The average Bonchev–Trinajstić information content (AvgIpc) is 2.33. The lowest BCUT2D eigenvalue weighted by Crippen LogP contribution is -2.37. The Hall–Kier alpha value is -0.340. The van der Waals surface area contributed by atoms with Crippen LogP contribution < -0.4 is 5.32 Å². The smallest absolute Gasteiger partial charge is 0.0483 e. The molecule has 2 nitrogen and oxygen atoms in total. The highest BCUT2D eigenvalue weighted by molar-refractivity contribution is 5.08. The molecule has 0 aromatic rings. The van der Waals surface area contributed by atoms with Gasteiger partial charge in [0.05, 0.1) is 0 Å². The summed E-state index contributed by atoms with van der Waals surface area (Å²) >= 11 is 0. The van der Waals surface area contributed by atoms with Crippen LogP contribution in [0.3, 0.4) is 0 Å². The monoisotopic (exact) mass is 152 g/mol. The largest absolute Gasteiger partial charge is 0.300 e. The molecule has 2 rings (SSSR count). The van der Waals surface area contributed by atoms with Crippen LogP contribution in [-0.4, -0.2) is 30.7 Å². The fourth-order valence-corrected chi connectivity index (χ4v) is 2.17. The van der Waals surface area contributed by atoms with Crippen LogP contribution in [0.1, 0.15) is 19.3 Å². The van der Waals surface area contributed by atoms with E-state index in [0.29, 0.717) is 0 Å². The predicted molar refractivity (Wildman–Crippen MR) is 46.3 cm³/mol. The highest BCUT2D eigenvalue weighted by atomic mass is 15.3. The molecule has 62 valence electrons. The Morgan fingerprint density at radius 3 is 3.27 bits per heavy atom. The number of hydrogen-bond acceptors (Lipinski definition) is 2. The van der Waals surface area contributed by atoms with Crippen LogP contribution in [0.2, 0.25) is 0 Å². The van der Waals surface area contributed by atoms with Crippen LogP contribution in [0.4, 0.5) is 0 Å². The first-order valence-corrected chi connectivity index (χ1v) is 4.37. The van der Waals surface area contributed by atoms with Gasteiger partial charge in [-0.25, -0.2) is 0 Å². The van der Waals surface area contributed by atoms with E-state index in [4.69, 9.17) is 0 Å². The average molecular weight is 152 g/mol. The number of nitrogens with zero attached hydrogens (tertiary/aromatic N) is 1. The molecule has 0 amide bonds. The Kier molecular flexibility index (Phi) is 1.74. The van der Waals surface area contributed by atoms with Gasteiger partial charge < -0.3 is 0 Å². The van der Waals surface area contributed by atoms with E-state index >= 15 is 0 Å². The van der Waals surface area contributed by atoms with Gasteiger partial charge in [-0.3, -0.25) is 10.2 Å². The van der Waals surface area contributed by atoms with E-state index < -0.39 is 0 Å². The summed E-state index contributed by atoms with van der Waals surface area (Å²) in [6.07, 6.45) is 3.71. The normalized spacial score (nSPS) is 39.2. The fraction of sp³-hybridized carbons (Fsp3) is 0.778. The van der Waals surface area contributed by atoms with Crippen molar-refractivity contribution in [1.82, 2.24) is 10.2 Å². The molecule has 0 radical (unpaired) electrons. The van der Waals surface area contributed by atoms with Crippen molar-refractivity contribution in [2.45, 2.75) is 31.3 Å². The van der Waals surface area contributed by atoms with Crippen molar-refractivity contribution in [3.63, 3.8) is 0 Å². The third-order valence-corrected chi connectivity index (χ3v) is 2.94. The van der Waals surface area contributed by atoms with Crippen LogP contribution in [0.25, 0.3) is 0 Å². The molecule has 1 heterocycles. The van der Waals surface area contributed by atoms with Crippen LogP contribution in [0, 0.1) is 0 Å². The summed E-state index contributed by atoms with van der Waals surface area (Å²) in [5.74, 6) is 0. The Morgan fingerprint density at radius 2 is 2.45 bits per heavy atom. The lowest BCUT2D eigenvalue weighted by atomic mass is 9.88. The van der Waals surface area contributed by atoms with Crippen molar-refractivity contribution >= 4 is 0 Å². The van der Waals surface area contributed by atoms with Gasteiger partial charge >= 0.3 is 0 Å². The highest BCUT2D eigenvalue weighted by Gasteiger charge is 2.33. The second kappa shape index (κ2) is 2.61. The third kappa shape index (κ3) is 1.21. The molecule has 1 aliphatic carbocycles. The molecule has 0 spiro atoms. The highest BCUT2D eigenvalue weighted by Crippen LogP contribution is 2.28. The molecular weight excluding hydrogens is 136 g/mol. The molecule has 1 N–H and O–H groups in total. The van der Waals surface area contributed by atoms with Gasteiger partial charge in [0.25, 0.3) is 0 Å². The summed E-state index contributed by atoms with van der Waals surface area (Å²) in [4.78, 5) is 2.40. The number of nitrogens with one attached hydrogen (secondary N) is 1. The van der Waals surface area contributed by atoms with Crippen LogP contribution >= 0.6 is 0 Å². The maximum absolute atomic E-state index is 4.05. The first-order valence-electron chi connectivity index (χ1n) is 4.37. The topological polar surface area (TPSA) is 15.3 Å². The molecule has 11 heavy (non-hydrogen) atoms. The maximum atomic E-state index is 4.05. The summed E-state index contributed by atoms with van der Waals surface area (Å²) in [5.41, 5.74) is 1.43. The lowest BCUT2D eigenvalue weighted by Gasteiger charge is -2.29. The zero-order chi connectivity index (χ0) is 7.84. The van der Waals surface area contributed by atoms with E-state index in [0.717, 1.165) is 18.8 Å². The summed E-state index contributed by atoms with van der Waals surface area (Å²) < 4.78 is 0. The van der Waals surface area contributed by atoms with Gasteiger partial charge in [-0.05, 0) is 26.3 Å². The number of hydrogen-bond donors (Lipinski definition) is 1. The van der Waals surface area contributed by atoms with E-state index in [1.54, 1.807) is 0 Å². The van der Waals surface area contributed by atoms with E-state index in [1.807, 2.05) is 0 Å². The minimum absolute atomic E-state index is 0.733. The molecule has 0 aromatic carbocycles. The van der Waals surface area contributed by atoms with Crippen molar-refractivity contribution in [2.75, 3.05) is 13.7 Å². The summed E-state index contributed by atoms with van der Waals surface area (Å²) in [6.45, 7) is 5.11. The predicted octanol–water partition coefficient (Wildman–Crippen LogP) is 0.956. The van der Waals surface area contributed by atoms with Crippen molar-refractivity contribution in [1.29, 1.82) is 0 Å². The summed E-state index contributed by atoms with van der Waals surface area (Å²) in [6, 6.07) is 1.47. The second-order valence-electron chi connectivity index (χ2n) is 3.79. The Bertz CT molecular complexity index is 176. The Balaban J connectivity index is 2.07. The van der Waals surface area contributed by atoms with Gasteiger partial charge in [-0.15, -0.1) is 0 Å². The van der Waals surface area contributed by atoms with Crippen LogP contribution in [0.5, 0.6) is 0 Å². The van der Waals surface area contributed by atoms with E-state index in [9.17, 15) is 0 Å². The second-order valence-corrected chi connectivity index (χ2v) is 3.79. The molecule has 2 heteroatoms. The van der Waals surface area contributed by atoms with Crippen molar-refractivity contribution in [2.24, 2.45) is 0 Å². The molecule has 1 aliphatic heterocycles.